The van der Waals surface area contributed by atoms with Gasteiger partial charge in [-0.15, -0.1) is 0 Å². The molecule has 19 heavy (non-hydrogen) atoms. The Morgan fingerprint density at radius 1 is 1.42 bits per heavy atom. The highest BCUT2D eigenvalue weighted by atomic mass is 16.5. The molecule has 0 amide bonds. The van der Waals surface area contributed by atoms with E-state index in [1.165, 1.54) is 11.3 Å². The maximum atomic E-state index is 5.35. The van der Waals surface area contributed by atoms with E-state index in [0.717, 1.165) is 31.1 Å². The van der Waals surface area contributed by atoms with E-state index in [0.29, 0.717) is 6.04 Å². The molecule has 1 unspecified atom stereocenters. The van der Waals surface area contributed by atoms with Crippen molar-refractivity contribution >= 4 is 5.69 Å². The molecule has 1 atom stereocenters. The van der Waals surface area contributed by atoms with Gasteiger partial charge in [-0.3, -0.25) is 0 Å². The van der Waals surface area contributed by atoms with Gasteiger partial charge in [-0.05, 0) is 25.5 Å². The fourth-order valence-corrected chi connectivity index (χ4v) is 2.58. The van der Waals surface area contributed by atoms with Gasteiger partial charge < -0.3 is 14.7 Å². The Bertz CT molecular complexity index is 564. The van der Waals surface area contributed by atoms with Crippen molar-refractivity contribution in [2.24, 2.45) is 0 Å². The quantitative estimate of drug-likeness (QED) is 0.897. The number of nitrogens with zero attached hydrogens (tertiary/aromatic N) is 2. The smallest absolute Gasteiger partial charge is 0.156 e. The van der Waals surface area contributed by atoms with Crippen molar-refractivity contribution in [1.29, 1.82) is 0 Å². The molecule has 2 heterocycles. The first-order valence-corrected chi connectivity index (χ1v) is 6.71. The van der Waals surface area contributed by atoms with Crippen LogP contribution in [0.5, 0.6) is 0 Å². The van der Waals surface area contributed by atoms with Gasteiger partial charge in [-0.25, -0.2) is 0 Å². The van der Waals surface area contributed by atoms with Crippen LogP contribution in [0.25, 0.3) is 0 Å². The lowest BCUT2D eigenvalue weighted by molar-refractivity contribution is 0.376. The summed E-state index contributed by atoms with van der Waals surface area (Å²) in [6, 6.07) is 11.0. The Kier molecular flexibility index (Phi) is 3.25. The minimum Gasteiger partial charge on any atom is -0.362 e. The SMILES string of the molecule is Cc1cc(CN2CC(C)NCc3ccccc32)on1. The number of hydrogen-bond donors (Lipinski definition) is 1. The molecule has 1 aliphatic rings. The predicted molar refractivity (Wildman–Crippen MR) is 75.0 cm³/mol. The van der Waals surface area contributed by atoms with Gasteiger partial charge in [-0.1, -0.05) is 23.4 Å². The molecule has 1 aromatic heterocycles. The molecule has 2 aromatic rings. The van der Waals surface area contributed by atoms with Crippen molar-refractivity contribution < 1.29 is 4.52 Å². The number of nitrogens with one attached hydrogen (secondary N) is 1. The Labute approximate surface area is 113 Å². The van der Waals surface area contributed by atoms with Crippen molar-refractivity contribution in [2.45, 2.75) is 33.0 Å². The van der Waals surface area contributed by atoms with Crippen molar-refractivity contribution in [2.75, 3.05) is 11.4 Å². The van der Waals surface area contributed by atoms with Crippen LogP contribution in [-0.2, 0) is 13.1 Å². The second kappa shape index (κ2) is 5.05. The lowest BCUT2D eigenvalue weighted by Gasteiger charge is -2.25. The Balaban J connectivity index is 1.89. The number of hydrogen-bond acceptors (Lipinski definition) is 4. The molecular formula is C15H19N3O. The maximum Gasteiger partial charge on any atom is 0.156 e. The Hall–Kier alpha value is -1.81. The first-order valence-electron chi connectivity index (χ1n) is 6.71. The number of aromatic nitrogens is 1. The number of para-hydroxylation sites is 1. The van der Waals surface area contributed by atoms with Gasteiger partial charge in [0.05, 0.1) is 12.2 Å². The Morgan fingerprint density at radius 3 is 3.05 bits per heavy atom. The number of aryl methyl sites for hydroxylation is 1. The zero-order valence-corrected chi connectivity index (χ0v) is 11.4. The lowest BCUT2D eigenvalue weighted by atomic mass is 10.1. The van der Waals surface area contributed by atoms with E-state index >= 15 is 0 Å². The predicted octanol–water partition coefficient (Wildman–Crippen LogP) is 2.48. The van der Waals surface area contributed by atoms with Crippen molar-refractivity contribution in [3.63, 3.8) is 0 Å². The number of anilines is 1. The molecule has 0 saturated heterocycles. The summed E-state index contributed by atoms with van der Waals surface area (Å²) in [6.45, 7) is 6.82. The summed E-state index contributed by atoms with van der Waals surface area (Å²) < 4.78 is 5.35. The second-order valence-electron chi connectivity index (χ2n) is 5.23. The minimum atomic E-state index is 0.455. The largest absolute Gasteiger partial charge is 0.362 e. The topological polar surface area (TPSA) is 41.3 Å². The molecule has 4 nitrogen and oxygen atoms in total. The summed E-state index contributed by atoms with van der Waals surface area (Å²) >= 11 is 0. The van der Waals surface area contributed by atoms with E-state index in [-0.39, 0.29) is 0 Å². The van der Waals surface area contributed by atoms with Crippen LogP contribution in [0.1, 0.15) is 23.9 Å². The van der Waals surface area contributed by atoms with E-state index < -0.39 is 0 Å². The zero-order chi connectivity index (χ0) is 13.2. The third-order valence-electron chi connectivity index (χ3n) is 3.49. The van der Waals surface area contributed by atoms with Gasteiger partial charge in [0.15, 0.2) is 5.76 Å². The van der Waals surface area contributed by atoms with Crippen LogP contribution in [0.2, 0.25) is 0 Å². The normalized spacial score (nSPS) is 19.1. The molecule has 0 bridgehead atoms. The van der Waals surface area contributed by atoms with E-state index in [9.17, 15) is 0 Å². The average Bonchev–Trinajstić information content (AvgIpc) is 2.74. The molecular weight excluding hydrogens is 238 g/mol. The highest BCUT2D eigenvalue weighted by Crippen LogP contribution is 2.25. The van der Waals surface area contributed by atoms with E-state index in [1.807, 2.05) is 13.0 Å². The molecule has 4 heteroatoms. The maximum absolute atomic E-state index is 5.35. The molecule has 100 valence electrons. The first kappa shape index (κ1) is 12.2. The molecule has 1 aromatic carbocycles. The molecule has 0 spiro atoms. The summed E-state index contributed by atoms with van der Waals surface area (Å²) in [5.41, 5.74) is 3.56. The Morgan fingerprint density at radius 2 is 2.26 bits per heavy atom. The van der Waals surface area contributed by atoms with Crippen molar-refractivity contribution in [1.82, 2.24) is 10.5 Å². The van der Waals surface area contributed by atoms with Crippen LogP contribution in [0.4, 0.5) is 5.69 Å². The molecule has 0 saturated carbocycles. The van der Waals surface area contributed by atoms with Gasteiger partial charge in [-0.2, -0.15) is 0 Å². The van der Waals surface area contributed by atoms with Crippen LogP contribution >= 0.6 is 0 Å². The van der Waals surface area contributed by atoms with Crippen molar-refractivity contribution in [3.05, 3.63) is 47.3 Å². The summed E-state index contributed by atoms with van der Waals surface area (Å²) in [5, 5.41) is 7.50. The first-order chi connectivity index (χ1) is 9.22. The van der Waals surface area contributed by atoms with E-state index in [2.05, 4.69) is 46.6 Å². The lowest BCUT2D eigenvalue weighted by Crippen LogP contribution is -2.35. The monoisotopic (exact) mass is 257 g/mol. The number of rotatable bonds is 2. The van der Waals surface area contributed by atoms with Gasteiger partial charge in [0.25, 0.3) is 0 Å². The number of benzene rings is 1. The molecule has 0 aliphatic carbocycles. The van der Waals surface area contributed by atoms with E-state index in [4.69, 9.17) is 4.52 Å². The van der Waals surface area contributed by atoms with E-state index in [1.54, 1.807) is 0 Å². The van der Waals surface area contributed by atoms with Crippen LogP contribution < -0.4 is 10.2 Å². The molecule has 0 fully saturated rings. The molecule has 1 aliphatic heterocycles. The van der Waals surface area contributed by atoms with Gasteiger partial charge >= 0.3 is 0 Å². The summed E-state index contributed by atoms with van der Waals surface area (Å²) in [6.07, 6.45) is 0. The molecule has 1 N–H and O–H groups in total. The summed E-state index contributed by atoms with van der Waals surface area (Å²) in [4.78, 5) is 2.36. The fourth-order valence-electron chi connectivity index (χ4n) is 2.58. The average molecular weight is 257 g/mol. The molecule has 3 rings (SSSR count). The fraction of sp³-hybridized carbons (Fsp3) is 0.400. The standard InChI is InChI=1S/C15H19N3O/c1-11-7-14(19-17-11)10-18-9-12(2)16-8-13-5-3-4-6-15(13)18/h3-7,12,16H,8-10H2,1-2H3. The highest BCUT2D eigenvalue weighted by Gasteiger charge is 2.19. The summed E-state index contributed by atoms with van der Waals surface area (Å²) in [7, 11) is 0. The van der Waals surface area contributed by atoms with Crippen LogP contribution in [0, 0.1) is 6.92 Å². The zero-order valence-electron chi connectivity index (χ0n) is 11.4. The third kappa shape index (κ3) is 2.63. The molecule has 0 radical (unpaired) electrons. The van der Waals surface area contributed by atoms with Crippen LogP contribution in [0.15, 0.2) is 34.9 Å². The van der Waals surface area contributed by atoms with Gasteiger partial charge in [0.2, 0.25) is 0 Å². The number of fused-ring (bicyclic) bond motifs is 1. The van der Waals surface area contributed by atoms with Crippen LogP contribution in [-0.4, -0.2) is 17.7 Å². The highest BCUT2D eigenvalue weighted by molar-refractivity contribution is 5.54. The third-order valence-corrected chi connectivity index (χ3v) is 3.49. The minimum absolute atomic E-state index is 0.455. The van der Waals surface area contributed by atoms with Crippen LogP contribution in [0.3, 0.4) is 0 Å². The second-order valence-corrected chi connectivity index (χ2v) is 5.23. The van der Waals surface area contributed by atoms with Crippen molar-refractivity contribution in [3.8, 4) is 0 Å². The van der Waals surface area contributed by atoms with Gasteiger partial charge in [0, 0.05) is 30.9 Å². The van der Waals surface area contributed by atoms with Gasteiger partial charge in [0.1, 0.15) is 0 Å². The summed E-state index contributed by atoms with van der Waals surface area (Å²) in [5.74, 6) is 0.918.